The Kier molecular flexibility index (Phi) is 6.74. The van der Waals surface area contributed by atoms with Crippen LogP contribution in [0.5, 0.6) is 0 Å². The summed E-state index contributed by atoms with van der Waals surface area (Å²) < 4.78 is 0. The molecule has 5 nitrogen and oxygen atoms in total. The van der Waals surface area contributed by atoms with Crippen molar-refractivity contribution in [2.75, 3.05) is 0 Å². The number of nitrogens with zero attached hydrogens (tertiary/aromatic N) is 1. The normalized spacial score (nSPS) is 18.3. The summed E-state index contributed by atoms with van der Waals surface area (Å²) in [5.41, 5.74) is 5.97. The smallest absolute Gasteiger partial charge is 0.255 e. The Morgan fingerprint density at radius 3 is 2.53 bits per heavy atom. The molecule has 178 valence electrons. The number of fused-ring (bicyclic) bond motifs is 1. The minimum Gasteiger partial charge on any atom is -0.352 e. The average Bonchev–Trinajstić information content (AvgIpc) is 3.13. The summed E-state index contributed by atoms with van der Waals surface area (Å²) in [5.74, 6) is -0.0322. The van der Waals surface area contributed by atoms with E-state index in [1.807, 2.05) is 18.2 Å². The number of allylic oxidation sites excluding steroid dienone is 1. The lowest BCUT2D eigenvalue weighted by Crippen LogP contribution is -2.43. The zero-order valence-electron chi connectivity index (χ0n) is 20.4. The van der Waals surface area contributed by atoms with E-state index in [9.17, 15) is 14.4 Å². The lowest BCUT2D eigenvalue weighted by molar-refractivity contribution is -0.124. The maximum atomic E-state index is 13.0. The van der Waals surface area contributed by atoms with Gasteiger partial charge in [-0.3, -0.25) is 14.4 Å². The van der Waals surface area contributed by atoms with Crippen LogP contribution in [0.25, 0.3) is 0 Å². The molecular weight excluding hydrogens is 424 g/mol. The zero-order valence-corrected chi connectivity index (χ0v) is 20.4. The van der Waals surface area contributed by atoms with E-state index in [0.29, 0.717) is 44.3 Å². The lowest BCUT2D eigenvalue weighted by atomic mass is 9.86. The van der Waals surface area contributed by atoms with Crippen molar-refractivity contribution in [1.29, 1.82) is 0 Å². The Labute approximate surface area is 202 Å². The van der Waals surface area contributed by atoms with Crippen molar-refractivity contribution in [3.8, 4) is 0 Å². The number of rotatable bonds is 6. The van der Waals surface area contributed by atoms with E-state index in [1.54, 1.807) is 4.90 Å². The molecule has 2 aromatic rings. The van der Waals surface area contributed by atoms with Crippen LogP contribution in [0.4, 0.5) is 0 Å². The topological polar surface area (TPSA) is 66.5 Å². The maximum absolute atomic E-state index is 13.0. The van der Waals surface area contributed by atoms with Crippen LogP contribution in [-0.2, 0) is 34.5 Å². The van der Waals surface area contributed by atoms with Crippen LogP contribution in [-0.4, -0.2) is 28.5 Å². The first-order chi connectivity index (χ1) is 16.1. The number of nitrogens with one attached hydrogen (secondary N) is 1. The Bertz CT molecular complexity index is 1130. The quantitative estimate of drug-likeness (QED) is 0.628. The first kappa shape index (κ1) is 23.9. The van der Waals surface area contributed by atoms with Gasteiger partial charge in [0.05, 0.1) is 6.04 Å². The van der Waals surface area contributed by atoms with Gasteiger partial charge in [-0.1, -0.05) is 69.3 Å². The van der Waals surface area contributed by atoms with Crippen LogP contribution in [0.15, 0.2) is 54.6 Å². The molecule has 2 amide bonds. The van der Waals surface area contributed by atoms with E-state index in [2.05, 4.69) is 56.9 Å². The fourth-order valence-electron chi connectivity index (χ4n) is 4.83. The fraction of sp³-hybridized carbons (Fsp3) is 0.414. The molecule has 1 fully saturated rings. The first-order valence-corrected chi connectivity index (χ1v) is 12.1. The summed E-state index contributed by atoms with van der Waals surface area (Å²) >= 11 is 0. The van der Waals surface area contributed by atoms with Crippen LogP contribution in [0.3, 0.4) is 0 Å². The van der Waals surface area contributed by atoms with E-state index >= 15 is 0 Å². The van der Waals surface area contributed by atoms with Crippen LogP contribution in [0, 0.1) is 0 Å². The molecule has 4 rings (SSSR count). The largest absolute Gasteiger partial charge is 0.352 e. The van der Waals surface area contributed by atoms with E-state index in [-0.39, 0.29) is 29.1 Å². The molecule has 0 bridgehead atoms. The summed E-state index contributed by atoms with van der Waals surface area (Å²) in [7, 11) is 0. The third-order valence-electron chi connectivity index (χ3n) is 6.97. The molecule has 34 heavy (non-hydrogen) atoms. The summed E-state index contributed by atoms with van der Waals surface area (Å²) in [6.45, 7) is 11.3. The van der Waals surface area contributed by atoms with Gasteiger partial charge >= 0.3 is 0 Å². The van der Waals surface area contributed by atoms with Gasteiger partial charge in [0.2, 0.25) is 5.91 Å². The minimum atomic E-state index is -0.377. The molecule has 1 N–H and O–H groups in total. The second-order valence-corrected chi connectivity index (χ2v) is 10.5. The molecule has 0 aromatic heterocycles. The number of Topliss-reactive ketones (excluding diaryl/α,β-unsaturated/α-hetero) is 1. The van der Waals surface area contributed by atoms with Gasteiger partial charge in [-0.15, -0.1) is 0 Å². The van der Waals surface area contributed by atoms with Crippen molar-refractivity contribution >= 4 is 17.6 Å². The second kappa shape index (κ2) is 9.57. The molecule has 1 aliphatic carbocycles. The number of hydrogen-bond donors (Lipinski definition) is 1. The first-order valence-electron chi connectivity index (χ1n) is 12.1. The Hall–Kier alpha value is -3.21. The van der Waals surface area contributed by atoms with Gasteiger partial charge in [-0.2, -0.15) is 0 Å². The molecule has 1 aliphatic heterocycles. The summed E-state index contributed by atoms with van der Waals surface area (Å²) in [6.07, 6.45) is 2.87. The highest BCUT2D eigenvalue weighted by atomic mass is 16.2. The highest BCUT2D eigenvalue weighted by Gasteiger charge is 2.38. The van der Waals surface area contributed by atoms with Gasteiger partial charge in [0.25, 0.3) is 5.91 Å². The molecule has 2 aliphatic rings. The number of amides is 2. The molecule has 0 unspecified atom stereocenters. The molecule has 0 spiro atoms. The highest BCUT2D eigenvalue weighted by Crippen LogP contribution is 2.32. The maximum Gasteiger partial charge on any atom is 0.255 e. The number of aryl methyl sites for hydroxylation is 1. The van der Waals surface area contributed by atoms with E-state index in [0.717, 1.165) is 28.7 Å². The Morgan fingerprint density at radius 1 is 1.12 bits per heavy atom. The predicted molar refractivity (Wildman–Crippen MR) is 133 cm³/mol. The lowest BCUT2D eigenvalue weighted by Gasteiger charge is -2.30. The van der Waals surface area contributed by atoms with E-state index < -0.39 is 0 Å². The number of ketones is 1. The second-order valence-electron chi connectivity index (χ2n) is 10.5. The monoisotopic (exact) mass is 458 g/mol. The number of benzene rings is 2. The van der Waals surface area contributed by atoms with E-state index in [4.69, 9.17) is 0 Å². The molecular formula is C29H34N2O3. The SMILES string of the molecule is C=C1CC[C@H](N2Cc3c(CNC(=O)CCc4ccc(C(C)(C)C)cc4)cccc3C2=O)C(=O)C1. The predicted octanol–water partition coefficient (Wildman–Crippen LogP) is 4.87. The van der Waals surface area contributed by atoms with Crippen molar-refractivity contribution in [3.05, 3.63) is 82.4 Å². The van der Waals surface area contributed by atoms with E-state index in [1.165, 1.54) is 5.56 Å². The van der Waals surface area contributed by atoms with Gasteiger partial charge in [0, 0.05) is 31.5 Å². The van der Waals surface area contributed by atoms with Crippen LogP contribution >= 0.6 is 0 Å². The van der Waals surface area contributed by atoms with Crippen molar-refractivity contribution in [1.82, 2.24) is 10.2 Å². The molecule has 5 heteroatoms. The third-order valence-corrected chi connectivity index (χ3v) is 6.97. The van der Waals surface area contributed by atoms with Crippen LogP contribution in [0.1, 0.15) is 79.1 Å². The van der Waals surface area contributed by atoms with Crippen molar-refractivity contribution in [2.24, 2.45) is 0 Å². The fourth-order valence-corrected chi connectivity index (χ4v) is 4.83. The molecule has 1 heterocycles. The Balaban J connectivity index is 1.35. The molecule has 0 saturated heterocycles. The van der Waals surface area contributed by atoms with Crippen LogP contribution < -0.4 is 5.32 Å². The van der Waals surface area contributed by atoms with Gasteiger partial charge in [-0.05, 0) is 53.0 Å². The summed E-state index contributed by atoms with van der Waals surface area (Å²) in [5, 5.41) is 3.01. The van der Waals surface area contributed by atoms with Crippen molar-refractivity contribution in [3.63, 3.8) is 0 Å². The molecule has 2 aromatic carbocycles. The van der Waals surface area contributed by atoms with Gasteiger partial charge in [-0.25, -0.2) is 0 Å². The zero-order chi connectivity index (χ0) is 24.5. The summed E-state index contributed by atoms with van der Waals surface area (Å²) in [6, 6.07) is 13.7. The summed E-state index contributed by atoms with van der Waals surface area (Å²) in [4.78, 5) is 39.8. The number of carbonyl (C=O) groups excluding carboxylic acids is 3. The van der Waals surface area contributed by atoms with Crippen molar-refractivity contribution < 1.29 is 14.4 Å². The average molecular weight is 459 g/mol. The molecule has 1 atom stereocenters. The minimum absolute atomic E-state index is 0.0142. The van der Waals surface area contributed by atoms with Gasteiger partial charge in [0.15, 0.2) is 5.78 Å². The Morgan fingerprint density at radius 2 is 1.85 bits per heavy atom. The standard InChI is InChI=1S/C29H34N2O3/c1-19-8-14-25(26(32)16-19)31-18-24-21(6-5-7-23(24)28(31)34)17-30-27(33)15-11-20-9-12-22(13-10-20)29(2,3)4/h5-7,9-10,12-13,25H,1,8,11,14-18H2,2-4H3,(H,30,33)/t25-/m0/s1. The third kappa shape index (κ3) is 5.14. The van der Waals surface area contributed by atoms with Gasteiger partial charge < -0.3 is 10.2 Å². The van der Waals surface area contributed by atoms with Gasteiger partial charge in [0.1, 0.15) is 0 Å². The molecule has 1 saturated carbocycles. The molecule has 0 radical (unpaired) electrons. The van der Waals surface area contributed by atoms with Crippen LogP contribution in [0.2, 0.25) is 0 Å². The highest BCUT2D eigenvalue weighted by molar-refractivity contribution is 6.02. The number of carbonyl (C=O) groups is 3. The number of hydrogen-bond acceptors (Lipinski definition) is 3. The van der Waals surface area contributed by atoms with Crippen molar-refractivity contribution in [2.45, 2.75) is 77.4 Å².